The Morgan fingerprint density at radius 1 is 1.05 bits per heavy atom. The molecule has 0 amide bonds. The average Bonchev–Trinajstić information content (AvgIpc) is 3.09. The summed E-state index contributed by atoms with van der Waals surface area (Å²) in [4.78, 5) is 5.03. The third kappa shape index (κ3) is 2.31. The van der Waals surface area contributed by atoms with Gasteiger partial charge in [0.15, 0.2) is 0 Å². The summed E-state index contributed by atoms with van der Waals surface area (Å²) in [6, 6.07) is 11.0. The van der Waals surface area contributed by atoms with Gasteiger partial charge in [0.25, 0.3) is 0 Å². The lowest BCUT2D eigenvalue weighted by Gasteiger charge is -2.27. The van der Waals surface area contributed by atoms with Crippen LogP contribution in [0.1, 0.15) is 62.7 Å². The van der Waals surface area contributed by atoms with Crippen LogP contribution in [0.2, 0.25) is 0 Å². The van der Waals surface area contributed by atoms with Gasteiger partial charge in [-0.2, -0.15) is 0 Å². The van der Waals surface area contributed by atoms with E-state index in [2.05, 4.69) is 56.5 Å². The molecule has 1 aromatic carbocycles. The van der Waals surface area contributed by atoms with E-state index in [1.807, 2.05) is 11.3 Å². The first-order valence-electron chi connectivity index (χ1n) is 7.54. The highest BCUT2D eigenvalue weighted by molar-refractivity contribution is 7.09. The van der Waals surface area contributed by atoms with E-state index >= 15 is 0 Å². The van der Waals surface area contributed by atoms with Gasteiger partial charge >= 0.3 is 0 Å². The first kappa shape index (κ1) is 13.8. The second-order valence-corrected chi connectivity index (χ2v) is 7.80. The molecule has 1 aliphatic carbocycles. The van der Waals surface area contributed by atoms with Gasteiger partial charge in [0.05, 0.1) is 5.69 Å². The summed E-state index contributed by atoms with van der Waals surface area (Å²) >= 11 is 1.86. The third-order valence-corrected chi connectivity index (χ3v) is 5.51. The Kier molecular flexibility index (Phi) is 3.45. The minimum atomic E-state index is 0.144. The van der Waals surface area contributed by atoms with Crippen molar-refractivity contribution in [2.75, 3.05) is 0 Å². The fraction of sp³-hybridized carbons (Fsp3) is 0.500. The van der Waals surface area contributed by atoms with Gasteiger partial charge in [0.1, 0.15) is 5.01 Å². The van der Waals surface area contributed by atoms with Gasteiger partial charge in [-0.1, -0.05) is 63.9 Å². The Morgan fingerprint density at radius 2 is 1.70 bits per heavy atom. The van der Waals surface area contributed by atoms with Crippen LogP contribution in [0.15, 0.2) is 35.7 Å². The van der Waals surface area contributed by atoms with Crippen molar-refractivity contribution in [2.45, 2.75) is 57.3 Å². The van der Waals surface area contributed by atoms with E-state index in [1.54, 1.807) is 0 Å². The molecule has 0 saturated heterocycles. The summed E-state index contributed by atoms with van der Waals surface area (Å²) in [5.74, 6) is 0. The molecular formula is C18H23NS. The quantitative estimate of drug-likeness (QED) is 0.729. The first-order chi connectivity index (χ1) is 9.52. The molecule has 0 N–H and O–H groups in total. The third-order valence-electron chi connectivity index (χ3n) is 4.47. The zero-order valence-electron chi connectivity index (χ0n) is 12.6. The van der Waals surface area contributed by atoms with E-state index in [1.165, 1.54) is 41.9 Å². The summed E-state index contributed by atoms with van der Waals surface area (Å²) in [5.41, 5.74) is 3.01. The van der Waals surface area contributed by atoms with Crippen molar-refractivity contribution in [2.24, 2.45) is 0 Å². The van der Waals surface area contributed by atoms with Gasteiger partial charge < -0.3 is 0 Å². The highest BCUT2D eigenvalue weighted by atomic mass is 32.1. The average molecular weight is 285 g/mol. The van der Waals surface area contributed by atoms with E-state index in [4.69, 9.17) is 4.98 Å². The molecule has 1 nitrogen and oxygen atoms in total. The van der Waals surface area contributed by atoms with E-state index in [9.17, 15) is 0 Å². The van der Waals surface area contributed by atoms with Gasteiger partial charge in [0, 0.05) is 16.2 Å². The minimum absolute atomic E-state index is 0.144. The molecule has 1 heterocycles. The smallest absolute Gasteiger partial charge is 0.103 e. The van der Waals surface area contributed by atoms with Crippen LogP contribution in [0.4, 0.5) is 0 Å². The summed E-state index contributed by atoms with van der Waals surface area (Å²) in [6.45, 7) is 6.74. The van der Waals surface area contributed by atoms with Crippen LogP contribution in [-0.4, -0.2) is 4.98 Å². The normalized spacial score (nSPS) is 18.4. The number of nitrogens with zero attached hydrogens (tertiary/aromatic N) is 1. The number of hydrogen-bond donors (Lipinski definition) is 0. The van der Waals surface area contributed by atoms with Gasteiger partial charge in [-0.25, -0.2) is 4.98 Å². The molecule has 20 heavy (non-hydrogen) atoms. The zero-order chi connectivity index (χ0) is 14.2. The van der Waals surface area contributed by atoms with Crippen molar-refractivity contribution in [3.8, 4) is 0 Å². The van der Waals surface area contributed by atoms with Crippen LogP contribution in [0.5, 0.6) is 0 Å². The highest BCUT2D eigenvalue weighted by Crippen LogP contribution is 2.47. The van der Waals surface area contributed by atoms with Gasteiger partial charge in [-0.05, 0) is 18.4 Å². The first-order valence-corrected chi connectivity index (χ1v) is 8.42. The molecule has 106 valence electrons. The van der Waals surface area contributed by atoms with Crippen LogP contribution >= 0.6 is 11.3 Å². The molecule has 2 heteroatoms. The number of hydrogen-bond acceptors (Lipinski definition) is 2. The lowest BCUT2D eigenvalue weighted by Crippen LogP contribution is -2.24. The molecule has 2 aromatic rings. The number of aromatic nitrogens is 1. The van der Waals surface area contributed by atoms with Crippen molar-refractivity contribution < 1.29 is 0 Å². The Bertz CT molecular complexity index is 571. The van der Waals surface area contributed by atoms with Crippen molar-refractivity contribution in [1.82, 2.24) is 4.98 Å². The fourth-order valence-electron chi connectivity index (χ4n) is 3.20. The minimum Gasteiger partial charge on any atom is -0.245 e. The second kappa shape index (κ2) is 5.00. The van der Waals surface area contributed by atoms with Crippen LogP contribution in [0, 0.1) is 0 Å². The maximum Gasteiger partial charge on any atom is 0.103 e. The molecule has 0 radical (unpaired) electrons. The molecule has 0 bridgehead atoms. The van der Waals surface area contributed by atoms with Gasteiger partial charge in [0.2, 0.25) is 0 Å². The maximum absolute atomic E-state index is 5.03. The summed E-state index contributed by atoms with van der Waals surface area (Å²) in [5, 5.41) is 3.59. The molecular weight excluding hydrogens is 262 g/mol. The van der Waals surface area contributed by atoms with E-state index in [0.717, 1.165) is 0 Å². The Labute approximate surface area is 126 Å². The lowest BCUT2D eigenvalue weighted by molar-refractivity contribution is 0.517. The fourth-order valence-corrected chi connectivity index (χ4v) is 4.53. The van der Waals surface area contributed by atoms with Crippen LogP contribution in [0.25, 0.3) is 0 Å². The van der Waals surface area contributed by atoms with Crippen molar-refractivity contribution in [3.63, 3.8) is 0 Å². The number of thiazole rings is 1. The molecule has 1 aliphatic rings. The summed E-state index contributed by atoms with van der Waals surface area (Å²) in [7, 11) is 0. The predicted octanol–water partition coefficient (Wildman–Crippen LogP) is 5.30. The maximum atomic E-state index is 5.03. The van der Waals surface area contributed by atoms with Crippen molar-refractivity contribution >= 4 is 11.3 Å². The Balaban J connectivity index is 2.06. The predicted molar refractivity (Wildman–Crippen MR) is 86.5 cm³/mol. The lowest BCUT2D eigenvalue weighted by atomic mass is 9.79. The summed E-state index contributed by atoms with van der Waals surface area (Å²) < 4.78 is 0. The second-order valence-electron chi connectivity index (χ2n) is 6.94. The van der Waals surface area contributed by atoms with Gasteiger partial charge in [-0.15, -0.1) is 11.3 Å². The molecule has 1 aromatic heterocycles. The molecule has 1 saturated carbocycles. The molecule has 0 spiro atoms. The molecule has 0 atom stereocenters. The molecule has 1 fully saturated rings. The standard InChI is InChI=1S/C18H23NS/c1-17(2,3)15-13-20-16(19-15)18(11-7-8-12-18)14-9-5-4-6-10-14/h4-6,9-10,13H,7-8,11-12H2,1-3H3. The van der Waals surface area contributed by atoms with Crippen LogP contribution in [-0.2, 0) is 10.8 Å². The van der Waals surface area contributed by atoms with E-state index in [0.29, 0.717) is 0 Å². The van der Waals surface area contributed by atoms with Crippen molar-refractivity contribution in [3.05, 3.63) is 52.0 Å². The SMILES string of the molecule is CC(C)(C)c1csc(C2(c3ccccc3)CCCC2)n1. The Hall–Kier alpha value is -1.15. The van der Waals surface area contributed by atoms with Crippen molar-refractivity contribution in [1.29, 1.82) is 0 Å². The zero-order valence-corrected chi connectivity index (χ0v) is 13.5. The largest absolute Gasteiger partial charge is 0.245 e. The van der Waals surface area contributed by atoms with E-state index in [-0.39, 0.29) is 10.8 Å². The Morgan fingerprint density at radius 3 is 2.25 bits per heavy atom. The van der Waals surface area contributed by atoms with E-state index < -0.39 is 0 Å². The molecule has 0 unspecified atom stereocenters. The molecule has 3 rings (SSSR count). The highest BCUT2D eigenvalue weighted by Gasteiger charge is 2.40. The van der Waals surface area contributed by atoms with Crippen LogP contribution < -0.4 is 0 Å². The molecule has 0 aliphatic heterocycles. The number of rotatable bonds is 2. The topological polar surface area (TPSA) is 12.9 Å². The monoisotopic (exact) mass is 285 g/mol. The number of benzene rings is 1. The summed E-state index contributed by atoms with van der Waals surface area (Å²) in [6.07, 6.45) is 5.13. The van der Waals surface area contributed by atoms with Crippen LogP contribution in [0.3, 0.4) is 0 Å². The van der Waals surface area contributed by atoms with Gasteiger partial charge in [-0.3, -0.25) is 0 Å².